The fourth-order valence-electron chi connectivity index (χ4n) is 1.45. The predicted molar refractivity (Wildman–Crippen MR) is 62.7 cm³/mol. The number of thiophene rings is 1. The molecule has 0 aromatic carbocycles. The number of nitrogens with zero attached hydrogens (tertiary/aromatic N) is 5. The lowest BCUT2D eigenvalue weighted by Crippen LogP contribution is -2.00. The molecular formula is C10H9N5O2S. The van der Waals surface area contributed by atoms with Crippen LogP contribution in [0.3, 0.4) is 0 Å². The SMILES string of the molecule is OCc1cn(Cc2nc(-c3ccsc3)no2)nn1. The molecule has 0 radical (unpaired) electrons. The van der Waals surface area contributed by atoms with E-state index in [0.29, 0.717) is 24.0 Å². The van der Waals surface area contributed by atoms with Crippen LogP contribution in [0.15, 0.2) is 27.5 Å². The molecule has 0 amide bonds. The van der Waals surface area contributed by atoms with Crippen molar-refractivity contribution in [1.82, 2.24) is 25.1 Å². The molecule has 0 saturated heterocycles. The topological polar surface area (TPSA) is 89.9 Å². The van der Waals surface area contributed by atoms with E-state index in [-0.39, 0.29) is 6.61 Å². The minimum Gasteiger partial charge on any atom is -0.390 e. The Kier molecular flexibility index (Phi) is 2.87. The summed E-state index contributed by atoms with van der Waals surface area (Å²) in [5, 5.41) is 24.3. The van der Waals surface area contributed by atoms with E-state index in [4.69, 9.17) is 9.63 Å². The molecule has 3 heterocycles. The summed E-state index contributed by atoms with van der Waals surface area (Å²) in [7, 11) is 0. The Morgan fingerprint density at radius 1 is 1.44 bits per heavy atom. The summed E-state index contributed by atoms with van der Waals surface area (Å²) < 4.78 is 6.67. The summed E-state index contributed by atoms with van der Waals surface area (Å²) in [5.41, 5.74) is 1.44. The van der Waals surface area contributed by atoms with E-state index in [2.05, 4.69) is 20.5 Å². The largest absolute Gasteiger partial charge is 0.390 e. The molecule has 92 valence electrons. The van der Waals surface area contributed by atoms with Crippen LogP contribution < -0.4 is 0 Å². The lowest BCUT2D eigenvalue weighted by Gasteiger charge is -1.91. The van der Waals surface area contributed by atoms with E-state index in [1.54, 1.807) is 17.5 Å². The van der Waals surface area contributed by atoms with Crippen molar-refractivity contribution in [2.24, 2.45) is 0 Å². The molecule has 0 aliphatic rings. The highest BCUT2D eigenvalue weighted by molar-refractivity contribution is 7.08. The van der Waals surface area contributed by atoms with Crippen molar-refractivity contribution in [3.8, 4) is 11.4 Å². The van der Waals surface area contributed by atoms with Crippen LogP contribution >= 0.6 is 11.3 Å². The number of aliphatic hydroxyl groups is 1. The monoisotopic (exact) mass is 263 g/mol. The molecule has 1 N–H and O–H groups in total. The summed E-state index contributed by atoms with van der Waals surface area (Å²) in [6.07, 6.45) is 1.63. The second kappa shape index (κ2) is 4.67. The Balaban J connectivity index is 1.77. The fraction of sp³-hybridized carbons (Fsp3) is 0.200. The summed E-state index contributed by atoms with van der Waals surface area (Å²) in [6.45, 7) is 0.203. The summed E-state index contributed by atoms with van der Waals surface area (Å²) >= 11 is 1.58. The van der Waals surface area contributed by atoms with E-state index in [9.17, 15) is 0 Å². The number of aromatic nitrogens is 5. The molecular weight excluding hydrogens is 254 g/mol. The minimum atomic E-state index is -0.135. The Labute approximate surface area is 106 Å². The van der Waals surface area contributed by atoms with Crippen LogP contribution in [0.4, 0.5) is 0 Å². The average molecular weight is 263 g/mol. The molecule has 3 aromatic rings. The third kappa shape index (κ3) is 2.15. The van der Waals surface area contributed by atoms with Gasteiger partial charge in [0.15, 0.2) is 0 Å². The highest BCUT2D eigenvalue weighted by Crippen LogP contribution is 2.18. The molecule has 18 heavy (non-hydrogen) atoms. The summed E-state index contributed by atoms with van der Waals surface area (Å²) in [6, 6.07) is 1.93. The van der Waals surface area contributed by atoms with E-state index < -0.39 is 0 Å². The van der Waals surface area contributed by atoms with Crippen LogP contribution in [0.1, 0.15) is 11.6 Å². The third-order valence-corrected chi connectivity index (χ3v) is 2.98. The van der Waals surface area contributed by atoms with Crippen molar-refractivity contribution < 1.29 is 9.63 Å². The normalized spacial score (nSPS) is 10.9. The van der Waals surface area contributed by atoms with Crippen LogP contribution in [0, 0.1) is 0 Å². The quantitative estimate of drug-likeness (QED) is 0.753. The first-order valence-electron chi connectivity index (χ1n) is 5.20. The number of hydrogen-bond acceptors (Lipinski definition) is 7. The molecule has 3 rings (SSSR count). The Hall–Kier alpha value is -2.06. The predicted octanol–water partition coefficient (Wildman–Crippen LogP) is 0.930. The Morgan fingerprint density at radius 2 is 2.39 bits per heavy atom. The second-order valence-corrected chi connectivity index (χ2v) is 4.37. The Bertz CT molecular complexity index is 630. The van der Waals surface area contributed by atoms with Crippen molar-refractivity contribution in [2.75, 3.05) is 0 Å². The van der Waals surface area contributed by atoms with Crippen molar-refractivity contribution in [2.45, 2.75) is 13.2 Å². The lowest BCUT2D eigenvalue weighted by atomic mass is 10.3. The van der Waals surface area contributed by atoms with Crippen LogP contribution in [-0.2, 0) is 13.2 Å². The highest BCUT2D eigenvalue weighted by Gasteiger charge is 2.10. The molecule has 0 spiro atoms. The van der Waals surface area contributed by atoms with Gasteiger partial charge in [0.05, 0.1) is 12.8 Å². The van der Waals surface area contributed by atoms with E-state index in [1.165, 1.54) is 4.68 Å². The first kappa shape index (κ1) is 11.1. The van der Waals surface area contributed by atoms with Gasteiger partial charge in [0.25, 0.3) is 0 Å². The molecule has 7 nitrogen and oxygen atoms in total. The number of aliphatic hydroxyl groups excluding tert-OH is 1. The zero-order valence-corrected chi connectivity index (χ0v) is 10.0. The maximum absolute atomic E-state index is 8.88. The van der Waals surface area contributed by atoms with Gasteiger partial charge in [0.2, 0.25) is 11.7 Å². The van der Waals surface area contributed by atoms with Gasteiger partial charge < -0.3 is 9.63 Å². The van der Waals surface area contributed by atoms with Gasteiger partial charge in [0.1, 0.15) is 12.2 Å². The molecule has 0 fully saturated rings. The van der Waals surface area contributed by atoms with Gasteiger partial charge in [-0.1, -0.05) is 10.4 Å². The van der Waals surface area contributed by atoms with Gasteiger partial charge in [-0.25, -0.2) is 4.68 Å². The van der Waals surface area contributed by atoms with Gasteiger partial charge in [-0.15, -0.1) is 5.10 Å². The van der Waals surface area contributed by atoms with Crippen LogP contribution in [0.25, 0.3) is 11.4 Å². The molecule has 0 atom stereocenters. The van der Waals surface area contributed by atoms with Crippen LogP contribution in [-0.4, -0.2) is 30.2 Å². The standard InChI is InChI=1S/C10H9N5O2S/c16-5-8-3-15(14-12-8)4-9-11-10(13-17-9)7-1-2-18-6-7/h1-3,6,16H,4-5H2. The lowest BCUT2D eigenvalue weighted by molar-refractivity contribution is 0.276. The molecule has 3 aromatic heterocycles. The van der Waals surface area contributed by atoms with Crippen LogP contribution in [0.2, 0.25) is 0 Å². The maximum atomic E-state index is 8.88. The summed E-state index contributed by atoms with van der Waals surface area (Å²) in [4.78, 5) is 4.26. The van der Waals surface area contributed by atoms with E-state index in [0.717, 1.165) is 5.56 Å². The third-order valence-electron chi connectivity index (χ3n) is 2.29. The van der Waals surface area contributed by atoms with E-state index in [1.807, 2.05) is 16.8 Å². The molecule has 0 aliphatic heterocycles. The van der Waals surface area contributed by atoms with E-state index >= 15 is 0 Å². The van der Waals surface area contributed by atoms with Gasteiger partial charge in [-0.05, 0) is 11.4 Å². The van der Waals surface area contributed by atoms with Gasteiger partial charge >= 0.3 is 0 Å². The molecule has 0 bridgehead atoms. The zero-order valence-electron chi connectivity index (χ0n) is 9.22. The average Bonchev–Trinajstić information content (AvgIpc) is 3.10. The van der Waals surface area contributed by atoms with Crippen LogP contribution in [0.5, 0.6) is 0 Å². The first-order chi connectivity index (χ1) is 8.85. The van der Waals surface area contributed by atoms with Crippen molar-refractivity contribution in [1.29, 1.82) is 0 Å². The van der Waals surface area contributed by atoms with Crippen molar-refractivity contribution in [3.05, 3.63) is 34.6 Å². The first-order valence-corrected chi connectivity index (χ1v) is 6.14. The maximum Gasteiger partial charge on any atom is 0.248 e. The molecule has 8 heteroatoms. The molecule has 0 saturated carbocycles. The van der Waals surface area contributed by atoms with Gasteiger partial charge in [-0.2, -0.15) is 16.3 Å². The minimum absolute atomic E-state index is 0.135. The van der Waals surface area contributed by atoms with Gasteiger partial charge in [0, 0.05) is 10.9 Å². The second-order valence-electron chi connectivity index (χ2n) is 3.59. The number of rotatable bonds is 4. The van der Waals surface area contributed by atoms with Crippen molar-refractivity contribution >= 4 is 11.3 Å². The highest BCUT2D eigenvalue weighted by atomic mass is 32.1. The summed E-state index contributed by atoms with van der Waals surface area (Å²) in [5.74, 6) is 1.01. The molecule has 0 unspecified atom stereocenters. The Morgan fingerprint density at radius 3 is 3.11 bits per heavy atom. The number of hydrogen-bond donors (Lipinski definition) is 1. The zero-order chi connectivity index (χ0) is 12.4. The fourth-order valence-corrected chi connectivity index (χ4v) is 2.09. The van der Waals surface area contributed by atoms with Crippen molar-refractivity contribution in [3.63, 3.8) is 0 Å². The molecule has 0 aliphatic carbocycles. The smallest absolute Gasteiger partial charge is 0.248 e. The van der Waals surface area contributed by atoms with Gasteiger partial charge in [-0.3, -0.25) is 0 Å².